The number of sulfonamides is 1. The topological polar surface area (TPSA) is 72.2 Å². The van der Waals surface area contributed by atoms with Crippen LogP contribution in [0.15, 0.2) is 29.2 Å². The zero-order chi connectivity index (χ0) is 14.4. The molecule has 0 atom stereocenters. The molecule has 0 aliphatic heterocycles. The maximum atomic E-state index is 12.3. The van der Waals surface area contributed by atoms with Gasteiger partial charge in [-0.3, -0.25) is 0 Å². The first-order chi connectivity index (χ1) is 9.63. The van der Waals surface area contributed by atoms with Crippen LogP contribution in [0, 0.1) is 5.92 Å². The Hall–Kier alpha value is -0.910. The van der Waals surface area contributed by atoms with Gasteiger partial charge >= 0.3 is 0 Å². The Labute approximate surface area is 121 Å². The van der Waals surface area contributed by atoms with E-state index in [0.717, 1.165) is 6.42 Å². The van der Waals surface area contributed by atoms with Crippen LogP contribution in [0.25, 0.3) is 0 Å². The van der Waals surface area contributed by atoms with E-state index in [1.807, 2.05) is 6.07 Å². The molecule has 4 nitrogen and oxygen atoms in total. The van der Waals surface area contributed by atoms with Crippen molar-refractivity contribution in [1.82, 2.24) is 4.72 Å². The summed E-state index contributed by atoms with van der Waals surface area (Å²) >= 11 is 0. The Balaban J connectivity index is 1.93. The van der Waals surface area contributed by atoms with E-state index in [1.54, 1.807) is 18.2 Å². The lowest BCUT2D eigenvalue weighted by Crippen LogP contribution is -2.27. The molecule has 0 heterocycles. The average molecular weight is 296 g/mol. The largest absolute Gasteiger partial charge is 0.326 e. The third-order valence-corrected chi connectivity index (χ3v) is 5.61. The van der Waals surface area contributed by atoms with Gasteiger partial charge in [-0.2, -0.15) is 0 Å². The van der Waals surface area contributed by atoms with E-state index in [4.69, 9.17) is 5.73 Å². The van der Waals surface area contributed by atoms with Gasteiger partial charge in [0.1, 0.15) is 0 Å². The van der Waals surface area contributed by atoms with Crippen LogP contribution in [0.4, 0.5) is 0 Å². The summed E-state index contributed by atoms with van der Waals surface area (Å²) in [6, 6.07) is 6.92. The highest BCUT2D eigenvalue weighted by Gasteiger charge is 2.18. The van der Waals surface area contributed by atoms with E-state index in [2.05, 4.69) is 4.72 Å². The van der Waals surface area contributed by atoms with Crippen molar-refractivity contribution in [2.45, 2.75) is 50.0 Å². The smallest absolute Gasteiger partial charge is 0.240 e. The molecular formula is C15H24N2O2S. The van der Waals surface area contributed by atoms with E-state index in [9.17, 15) is 8.42 Å². The molecule has 1 saturated carbocycles. The molecule has 0 unspecified atom stereocenters. The number of nitrogens with two attached hydrogens (primary N) is 1. The second-order valence-corrected chi connectivity index (χ2v) is 7.24. The first-order valence-corrected chi connectivity index (χ1v) is 8.89. The number of hydrogen-bond acceptors (Lipinski definition) is 3. The Morgan fingerprint density at radius 1 is 1.15 bits per heavy atom. The van der Waals surface area contributed by atoms with Crippen molar-refractivity contribution in [3.8, 4) is 0 Å². The normalized spacial score (nSPS) is 17.2. The van der Waals surface area contributed by atoms with Crippen LogP contribution in [0.2, 0.25) is 0 Å². The van der Waals surface area contributed by atoms with Crippen LogP contribution in [0.1, 0.15) is 44.1 Å². The molecule has 1 aromatic carbocycles. The molecule has 1 aliphatic carbocycles. The molecule has 0 spiro atoms. The van der Waals surface area contributed by atoms with Crippen LogP contribution in [-0.4, -0.2) is 15.0 Å². The van der Waals surface area contributed by atoms with Gasteiger partial charge in [-0.05, 0) is 24.0 Å². The molecule has 1 aliphatic rings. The van der Waals surface area contributed by atoms with Gasteiger partial charge in [0.15, 0.2) is 0 Å². The number of rotatable bonds is 6. The molecule has 0 saturated heterocycles. The standard InChI is InChI=1S/C15H24N2O2S/c16-12-14-8-4-5-9-15(14)20(18,19)17-11-10-13-6-2-1-3-7-13/h4-5,8-9,13,17H,1-3,6-7,10-12,16H2. The summed E-state index contributed by atoms with van der Waals surface area (Å²) in [6.45, 7) is 0.756. The third-order valence-electron chi connectivity index (χ3n) is 4.05. The third kappa shape index (κ3) is 4.04. The van der Waals surface area contributed by atoms with Gasteiger partial charge in [-0.25, -0.2) is 13.1 Å². The summed E-state index contributed by atoms with van der Waals surface area (Å²) in [4.78, 5) is 0.311. The van der Waals surface area contributed by atoms with Crippen LogP contribution < -0.4 is 10.5 Å². The van der Waals surface area contributed by atoms with Gasteiger partial charge in [0, 0.05) is 13.1 Å². The predicted octanol–water partition coefficient (Wildman–Crippen LogP) is 2.39. The molecule has 2 rings (SSSR count). The Morgan fingerprint density at radius 3 is 2.55 bits per heavy atom. The fourth-order valence-electron chi connectivity index (χ4n) is 2.89. The highest BCUT2D eigenvalue weighted by atomic mass is 32.2. The maximum Gasteiger partial charge on any atom is 0.240 e. The molecule has 0 aromatic heterocycles. The first-order valence-electron chi connectivity index (χ1n) is 7.41. The van der Waals surface area contributed by atoms with Gasteiger partial charge in [0.2, 0.25) is 10.0 Å². The lowest BCUT2D eigenvalue weighted by Gasteiger charge is -2.21. The Kier molecular flexibility index (Phi) is 5.57. The van der Waals surface area contributed by atoms with Crippen molar-refractivity contribution in [3.05, 3.63) is 29.8 Å². The molecule has 0 bridgehead atoms. The summed E-state index contributed by atoms with van der Waals surface area (Å²) < 4.78 is 27.3. The molecule has 3 N–H and O–H groups in total. The van der Waals surface area contributed by atoms with E-state index >= 15 is 0 Å². The Bertz CT molecular complexity index is 522. The minimum Gasteiger partial charge on any atom is -0.326 e. The van der Waals surface area contributed by atoms with Gasteiger partial charge in [-0.1, -0.05) is 50.3 Å². The fourth-order valence-corrected chi connectivity index (χ4v) is 4.18. The zero-order valence-corrected chi connectivity index (χ0v) is 12.7. The molecule has 5 heteroatoms. The molecule has 0 amide bonds. The predicted molar refractivity (Wildman–Crippen MR) is 80.7 cm³/mol. The Morgan fingerprint density at radius 2 is 1.85 bits per heavy atom. The highest BCUT2D eigenvalue weighted by molar-refractivity contribution is 7.89. The number of nitrogens with one attached hydrogen (secondary N) is 1. The van der Waals surface area contributed by atoms with Crippen molar-refractivity contribution >= 4 is 10.0 Å². The number of hydrogen-bond donors (Lipinski definition) is 2. The van der Waals surface area contributed by atoms with Crippen molar-refractivity contribution in [3.63, 3.8) is 0 Å². The minimum atomic E-state index is -3.43. The van der Waals surface area contributed by atoms with Gasteiger partial charge in [-0.15, -0.1) is 0 Å². The fraction of sp³-hybridized carbons (Fsp3) is 0.600. The molecule has 1 fully saturated rings. The van der Waals surface area contributed by atoms with Crippen molar-refractivity contribution in [1.29, 1.82) is 0 Å². The molecule has 112 valence electrons. The lowest BCUT2D eigenvalue weighted by atomic mass is 9.87. The maximum absolute atomic E-state index is 12.3. The quantitative estimate of drug-likeness (QED) is 0.846. The van der Waals surface area contributed by atoms with Crippen molar-refractivity contribution in [2.75, 3.05) is 6.54 Å². The van der Waals surface area contributed by atoms with Gasteiger partial charge in [0.05, 0.1) is 4.90 Å². The van der Waals surface area contributed by atoms with Gasteiger partial charge in [0.25, 0.3) is 0 Å². The SMILES string of the molecule is NCc1ccccc1S(=O)(=O)NCCC1CCCCC1. The van der Waals surface area contributed by atoms with Crippen molar-refractivity contribution < 1.29 is 8.42 Å². The summed E-state index contributed by atoms with van der Waals surface area (Å²) in [6.07, 6.45) is 7.30. The first kappa shape index (κ1) is 15.5. The number of benzene rings is 1. The van der Waals surface area contributed by atoms with Crippen molar-refractivity contribution in [2.24, 2.45) is 11.7 Å². The molecular weight excluding hydrogens is 272 g/mol. The summed E-state index contributed by atoms with van der Waals surface area (Å²) in [5, 5.41) is 0. The second-order valence-electron chi connectivity index (χ2n) is 5.50. The lowest BCUT2D eigenvalue weighted by molar-refractivity contribution is 0.339. The minimum absolute atomic E-state index is 0.236. The van der Waals surface area contributed by atoms with Crippen LogP contribution in [0.3, 0.4) is 0 Å². The van der Waals surface area contributed by atoms with E-state index in [0.29, 0.717) is 22.9 Å². The van der Waals surface area contributed by atoms with Crippen LogP contribution >= 0.6 is 0 Å². The van der Waals surface area contributed by atoms with E-state index < -0.39 is 10.0 Å². The summed E-state index contributed by atoms with van der Waals surface area (Å²) in [5.41, 5.74) is 6.27. The highest BCUT2D eigenvalue weighted by Crippen LogP contribution is 2.26. The van der Waals surface area contributed by atoms with Crippen LogP contribution in [-0.2, 0) is 16.6 Å². The van der Waals surface area contributed by atoms with E-state index in [-0.39, 0.29) is 6.54 Å². The molecule has 1 aromatic rings. The average Bonchev–Trinajstić information content (AvgIpc) is 2.48. The molecule has 20 heavy (non-hydrogen) atoms. The van der Waals surface area contributed by atoms with Crippen LogP contribution in [0.5, 0.6) is 0 Å². The zero-order valence-electron chi connectivity index (χ0n) is 11.8. The van der Waals surface area contributed by atoms with E-state index in [1.165, 1.54) is 32.1 Å². The second kappa shape index (κ2) is 7.20. The monoisotopic (exact) mass is 296 g/mol. The van der Waals surface area contributed by atoms with Gasteiger partial charge < -0.3 is 5.73 Å². The summed E-state index contributed by atoms with van der Waals surface area (Å²) in [5.74, 6) is 0.677. The summed E-state index contributed by atoms with van der Waals surface area (Å²) in [7, 11) is -3.43. The molecule has 0 radical (unpaired) electrons.